The highest BCUT2D eigenvalue weighted by Gasteiger charge is 2.28. The van der Waals surface area contributed by atoms with Gasteiger partial charge in [0.2, 0.25) is 23.6 Å². The minimum absolute atomic E-state index is 0.131. The molecule has 0 unspecified atom stereocenters. The molecule has 28 heavy (non-hydrogen) atoms. The number of carbonyl (C=O) groups is 4. The van der Waals surface area contributed by atoms with Crippen LogP contribution in [-0.2, 0) is 19.2 Å². The molecule has 0 aliphatic rings. The number of amides is 4. The van der Waals surface area contributed by atoms with Crippen LogP contribution in [0.25, 0.3) is 0 Å². The number of rotatable bonds is 14. The van der Waals surface area contributed by atoms with E-state index in [0.717, 1.165) is 0 Å². The smallest absolute Gasteiger partial charge is 0.245 e. The quantitative estimate of drug-likeness (QED) is 0.193. The van der Waals surface area contributed by atoms with Crippen LogP contribution in [0.5, 0.6) is 0 Å². The first-order chi connectivity index (χ1) is 13.2. The zero-order valence-corrected chi connectivity index (χ0v) is 17.0. The lowest BCUT2D eigenvalue weighted by Crippen LogP contribution is -2.57. The largest absolute Gasteiger partial charge is 0.394 e. The van der Waals surface area contributed by atoms with Crippen molar-refractivity contribution in [2.24, 2.45) is 17.4 Å². The van der Waals surface area contributed by atoms with Gasteiger partial charge in [0, 0.05) is 6.42 Å². The van der Waals surface area contributed by atoms with Gasteiger partial charge in [-0.3, -0.25) is 19.2 Å². The van der Waals surface area contributed by atoms with Gasteiger partial charge in [-0.25, -0.2) is 0 Å². The van der Waals surface area contributed by atoms with Crippen LogP contribution in [-0.4, -0.2) is 60.0 Å². The number of hydrogen-bond donors (Lipinski definition) is 6. The molecule has 162 valence electrons. The zero-order valence-electron chi connectivity index (χ0n) is 17.0. The Morgan fingerprint density at radius 3 is 1.96 bits per heavy atom. The van der Waals surface area contributed by atoms with Gasteiger partial charge in [0.25, 0.3) is 0 Å². The molecule has 0 heterocycles. The summed E-state index contributed by atoms with van der Waals surface area (Å²) in [7, 11) is 0. The number of nitrogens with two attached hydrogens (primary N) is 2. The van der Waals surface area contributed by atoms with Crippen LogP contribution in [0.4, 0.5) is 0 Å². The summed E-state index contributed by atoms with van der Waals surface area (Å²) in [5.41, 5.74) is 10.8. The van der Waals surface area contributed by atoms with E-state index < -0.39 is 48.4 Å². The standard InChI is InChI=1S/C18H35N5O5/c1-4-15(25)21-14(10-24)18(28)22-12(7-5-6-8-19)17(27)23-13(16(20)26)9-11(2)3/h11-14,24H,4-10,19H2,1-3H3,(H2,20,26)(H,21,25)(H,22,28)(H,23,27)/t12-,13-,14-/m0/s1. The first-order valence-corrected chi connectivity index (χ1v) is 9.66. The molecular weight excluding hydrogens is 366 g/mol. The number of aliphatic hydroxyl groups is 1. The molecule has 0 aromatic heterocycles. The Morgan fingerprint density at radius 2 is 1.50 bits per heavy atom. The van der Waals surface area contributed by atoms with E-state index in [-0.39, 0.29) is 12.3 Å². The van der Waals surface area contributed by atoms with Gasteiger partial charge in [0.15, 0.2) is 0 Å². The summed E-state index contributed by atoms with van der Waals surface area (Å²) in [5, 5.41) is 16.9. The summed E-state index contributed by atoms with van der Waals surface area (Å²) < 4.78 is 0. The highest BCUT2D eigenvalue weighted by Crippen LogP contribution is 2.07. The second-order valence-corrected chi connectivity index (χ2v) is 7.09. The number of aliphatic hydroxyl groups excluding tert-OH is 1. The molecule has 10 nitrogen and oxygen atoms in total. The molecule has 0 aliphatic heterocycles. The van der Waals surface area contributed by atoms with E-state index in [1.807, 2.05) is 13.8 Å². The molecule has 0 bridgehead atoms. The van der Waals surface area contributed by atoms with Gasteiger partial charge in [-0.15, -0.1) is 0 Å². The Hall–Kier alpha value is -2.20. The summed E-state index contributed by atoms with van der Waals surface area (Å²) in [6.45, 7) is 5.23. The topological polar surface area (TPSA) is 177 Å². The maximum atomic E-state index is 12.6. The third-order valence-corrected chi connectivity index (χ3v) is 4.10. The van der Waals surface area contributed by atoms with E-state index in [0.29, 0.717) is 32.2 Å². The molecule has 0 saturated heterocycles. The number of nitrogens with one attached hydrogen (secondary N) is 3. The average molecular weight is 402 g/mol. The third kappa shape index (κ3) is 10.2. The second kappa shape index (κ2) is 13.9. The number of carbonyl (C=O) groups excluding carboxylic acids is 4. The molecule has 0 rings (SSSR count). The normalized spacial score (nSPS) is 14.1. The van der Waals surface area contributed by atoms with E-state index in [4.69, 9.17) is 11.5 Å². The minimum atomic E-state index is -1.17. The summed E-state index contributed by atoms with van der Waals surface area (Å²) >= 11 is 0. The Labute approximate surface area is 166 Å². The summed E-state index contributed by atoms with van der Waals surface area (Å²) in [4.78, 5) is 48.1. The fourth-order valence-electron chi connectivity index (χ4n) is 2.51. The van der Waals surface area contributed by atoms with Crippen molar-refractivity contribution >= 4 is 23.6 Å². The molecule has 3 atom stereocenters. The van der Waals surface area contributed by atoms with Crippen molar-refractivity contribution in [2.75, 3.05) is 13.2 Å². The van der Waals surface area contributed by atoms with E-state index in [9.17, 15) is 24.3 Å². The van der Waals surface area contributed by atoms with Gasteiger partial charge in [-0.05, 0) is 38.1 Å². The zero-order chi connectivity index (χ0) is 21.7. The molecule has 0 saturated carbocycles. The lowest BCUT2D eigenvalue weighted by Gasteiger charge is -2.24. The fraction of sp³-hybridized carbons (Fsp3) is 0.778. The fourth-order valence-corrected chi connectivity index (χ4v) is 2.51. The van der Waals surface area contributed by atoms with E-state index >= 15 is 0 Å². The van der Waals surface area contributed by atoms with Crippen molar-refractivity contribution < 1.29 is 24.3 Å². The maximum Gasteiger partial charge on any atom is 0.245 e. The highest BCUT2D eigenvalue weighted by atomic mass is 16.3. The Morgan fingerprint density at radius 1 is 0.929 bits per heavy atom. The predicted octanol–water partition coefficient (Wildman–Crippen LogP) is -1.50. The number of unbranched alkanes of at least 4 members (excludes halogenated alkanes) is 1. The van der Waals surface area contributed by atoms with Crippen molar-refractivity contribution in [3.63, 3.8) is 0 Å². The van der Waals surface area contributed by atoms with E-state index in [1.165, 1.54) is 0 Å². The van der Waals surface area contributed by atoms with Crippen molar-refractivity contribution in [3.05, 3.63) is 0 Å². The summed E-state index contributed by atoms with van der Waals surface area (Å²) in [5.74, 6) is -2.15. The molecule has 10 heteroatoms. The van der Waals surface area contributed by atoms with Crippen molar-refractivity contribution in [1.29, 1.82) is 0 Å². The molecule has 0 radical (unpaired) electrons. The van der Waals surface area contributed by atoms with Crippen LogP contribution in [0.1, 0.15) is 52.9 Å². The molecule has 0 aromatic rings. The van der Waals surface area contributed by atoms with Gasteiger partial charge < -0.3 is 32.5 Å². The van der Waals surface area contributed by atoms with Crippen molar-refractivity contribution in [1.82, 2.24) is 16.0 Å². The van der Waals surface area contributed by atoms with E-state index in [1.54, 1.807) is 6.92 Å². The second-order valence-electron chi connectivity index (χ2n) is 7.09. The van der Waals surface area contributed by atoms with Gasteiger partial charge in [-0.2, -0.15) is 0 Å². The summed E-state index contributed by atoms with van der Waals surface area (Å²) in [6.07, 6.45) is 2.05. The Kier molecular flexibility index (Phi) is 12.8. The first kappa shape index (κ1) is 25.8. The number of primary amides is 1. The monoisotopic (exact) mass is 401 g/mol. The lowest BCUT2D eigenvalue weighted by atomic mass is 10.0. The van der Waals surface area contributed by atoms with Gasteiger partial charge in [0.1, 0.15) is 18.1 Å². The van der Waals surface area contributed by atoms with Crippen molar-refractivity contribution in [2.45, 2.75) is 71.0 Å². The van der Waals surface area contributed by atoms with Gasteiger partial charge in [0.05, 0.1) is 6.61 Å². The van der Waals surface area contributed by atoms with E-state index in [2.05, 4.69) is 16.0 Å². The predicted molar refractivity (Wildman–Crippen MR) is 105 cm³/mol. The summed E-state index contributed by atoms with van der Waals surface area (Å²) in [6, 6.07) is -2.96. The average Bonchev–Trinajstić information content (AvgIpc) is 2.63. The molecule has 4 amide bonds. The lowest BCUT2D eigenvalue weighted by molar-refractivity contribution is -0.134. The van der Waals surface area contributed by atoms with Crippen LogP contribution in [0.2, 0.25) is 0 Å². The molecule has 8 N–H and O–H groups in total. The number of hydrogen-bond acceptors (Lipinski definition) is 6. The first-order valence-electron chi connectivity index (χ1n) is 9.66. The Bertz CT molecular complexity index is 526. The van der Waals surface area contributed by atoms with Crippen LogP contribution in [0.3, 0.4) is 0 Å². The minimum Gasteiger partial charge on any atom is -0.394 e. The van der Waals surface area contributed by atoms with Crippen LogP contribution in [0.15, 0.2) is 0 Å². The third-order valence-electron chi connectivity index (χ3n) is 4.10. The van der Waals surface area contributed by atoms with Gasteiger partial charge in [-0.1, -0.05) is 20.8 Å². The molecular formula is C18H35N5O5. The van der Waals surface area contributed by atoms with Crippen LogP contribution >= 0.6 is 0 Å². The molecule has 0 fully saturated rings. The maximum absolute atomic E-state index is 12.6. The molecule has 0 aromatic carbocycles. The SMILES string of the molecule is CCC(=O)N[C@@H](CO)C(=O)N[C@@H](CCCCN)C(=O)N[C@@H](CC(C)C)C(N)=O. The molecule has 0 spiro atoms. The van der Waals surface area contributed by atoms with Crippen molar-refractivity contribution in [3.8, 4) is 0 Å². The van der Waals surface area contributed by atoms with Crippen LogP contribution < -0.4 is 27.4 Å². The highest BCUT2D eigenvalue weighted by molar-refractivity contribution is 5.94. The van der Waals surface area contributed by atoms with Crippen LogP contribution in [0, 0.1) is 5.92 Å². The Balaban J connectivity index is 5.17. The molecule has 0 aliphatic carbocycles. The van der Waals surface area contributed by atoms with Gasteiger partial charge >= 0.3 is 0 Å².